The first-order valence-electron chi connectivity index (χ1n) is 7.92. The molecule has 2 rings (SSSR count). The number of phenols is 1. The fourth-order valence-corrected chi connectivity index (χ4v) is 3.08. The number of likely N-dealkylation sites (tertiary alicyclic amines) is 1. The lowest BCUT2D eigenvalue weighted by atomic mass is 10.0. The molecule has 0 bridgehead atoms. The molecule has 0 spiro atoms. The summed E-state index contributed by atoms with van der Waals surface area (Å²) in [4.78, 5) is 16.7. The van der Waals surface area contributed by atoms with Crippen molar-refractivity contribution in [3.05, 3.63) is 29.3 Å². The van der Waals surface area contributed by atoms with Crippen LogP contribution in [0, 0.1) is 6.92 Å². The van der Waals surface area contributed by atoms with E-state index in [0.717, 1.165) is 44.5 Å². The van der Waals surface area contributed by atoms with Gasteiger partial charge in [0.25, 0.3) is 5.91 Å². The molecule has 0 atom stereocenters. The Morgan fingerprint density at radius 3 is 2.59 bits per heavy atom. The van der Waals surface area contributed by atoms with E-state index < -0.39 is 0 Å². The smallest absolute Gasteiger partial charge is 0.253 e. The van der Waals surface area contributed by atoms with Crippen LogP contribution in [0.4, 0.5) is 0 Å². The molecule has 0 saturated carbocycles. The third-order valence-corrected chi connectivity index (χ3v) is 4.35. The van der Waals surface area contributed by atoms with E-state index in [9.17, 15) is 9.90 Å². The van der Waals surface area contributed by atoms with Gasteiger partial charge < -0.3 is 20.0 Å². The minimum atomic E-state index is -0.00420. The van der Waals surface area contributed by atoms with Gasteiger partial charge in [-0.2, -0.15) is 0 Å². The number of aromatic hydroxyl groups is 1. The minimum Gasteiger partial charge on any atom is -0.508 e. The Labute approximate surface area is 132 Å². The van der Waals surface area contributed by atoms with E-state index in [-0.39, 0.29) is 18.3 Å². The van der Waals surface area contributed by atoms with Gasteiger partial charge in [-0.05, 0) is 57.0 Å². The maximum absolute atomic E-state index is 12.5. The topological polar surface area (TPSA) is 64.0 Å². The van der Waals surface area contributed by atoms with Crippen LogP contribution in [0.1, 0.15) is 35.2 Å². The normalized spacial score (nSPS) is 16.3. The molecular formula is C17H26N2O3. The van der Waals surface area contributed by atoms with Crippen molar-refractivity contribution in [1.29, 1.82) is 0 Å². The molecule has 1 aliphatic rings. The van der Waals surface area contributed by atoms with Crippen LogP contribution in [0.25, 0.3) is 0 Å². The highest BCUT2D eigenvalue weighted by Crippen LogP contribution is 2.20. The number of carbonyl (C=O) groups is 1. The fraction of sp³-hybridized carbons (Fsp3) is 0.588. The fourth-order valence-electron chi connectivity index (χ4n) is 3.08. The number of nitrogens with zero attached hydrogens (tertiary/aromatic N) is 2. The van der Waals surface area contributed by atoms with Gasteiger partial charge in [-0.15, -0.1) is 0 Å². The van der Waals surface area contributed by atoms with Gasteiger partial charge >= 0.3 is 0 Å². The maximum atomic E-state index is 12.5. The van der Waals surface area contributed by atoms with Crippen LogP contribution in [0.2, 0.25) is 0 Å². The van der Waals surface area contributed by atoms with E-state index in [0.29, 0.717) is 11.6 Å². The summed E-state index contributed by atoms with van der Waals surface area (Å²) >= 11 is 0. The summed E-state index contributed by atoms with van der Waals surface area (Å²) in [6, 6.07) is 5.48. The SMILES string of the molecule is Cc1cc(O)cc(C(=O)N2CCC(N(C)CCCO)CC2)c1. The molecule has 1 amide bonds. The lowest BCUT2D eigenvalue weighted by molar-refractivity contribution is 0.0640. The summed E-state index contributed by atoms with van der Waals surface area (Å²) in [6.45, 7) is 4.46. The number of hydrogen-bond acceptors (Lipinski definition) is 4. The first kappa shape index (κ1) is 16.8. The van der Waals surface area contributed by atoms with Crippen molar-refractivity contribution in [2.45, 2.75) is 32.2 Å². The molecule has 122 valence electrons. The number of aryl methyl sites for hydroxylation is 1. The highest BCUT2D eigenvalue weighted by atomic mass is 16.3. The van der Waals surface area contributed by atoms with Crippen LogP contribution in [-0.4, -0.2) is 65.3 Å². The van der Waals surface area contributed by atoms with E-state index in [4.69, 9.17) is 5.11 Å². The molecule has 0 aliphatic carbocycles. The second-order valence-corrected chi connectivity index (χ2v) is 6.14. The van der Waals surface area contributed by atoms with Crippen LogP contribution in [0.5, 0.6) is 5.75 Å². The Bertz CT molecular complexity index is 490. The van der Waals surface area contributed by atoms with Crippen LogP contribution in [0.3, 0.4) is 0 Å². The molecular weight excluding hydrogens is 280 g/mol. The molecule has 5 heteroatoms. The van der Waals surface area contributed by atoms with Crippen molar-refractivity contribution >= 4 is 5.91 Å². The molecule has 1 aromatic carbocycles. The largest absolute Gasteiger partial charge is 0.508 e. The number of hydrogen-bond donors (Lipinski definition) is 2. The number of phenolic OH excluding ortho intramolecular Hbond substituents is 1. The van der Waals surface area contributed by atoms with Crippen LogP contribution in [0.15, 0.2) is 18.2 Å². The summed E-state index contributed by atoms with van der Waals surface area (Å²) in [5.74, 6) is 0.137. The van der Waals surface area contributed by atoms with Gasteiger partial charge in [-0.1, -0.05) is 0 Å². The Kier molecular flexibility index (Phi) is 5.80. The van der Waals surface area contributed by atoms with Gasteiger partial charge in [-0.25, -0.2) is 0 Å². The van der Waals surface area contributed by atoms with E-state index in [1.54, 1.807) is 6.07 Å². The van der Waals surface area contributed by atoms with Gasteiger partial charge in [0.15, 0.2) is 0 Å². The molecule has 1 saturated heterocycles. The van der Waals surface area contributed by atoms with Crippen molar-refractivity contribution in [3.63, 3.8) is 0 Å². The molecule has 1 heterocycles. The van der Waals surface area contributed by atoms with Crippen molar-refractivity contribution in [1.82, 2.24) is 9.80 Å². The molecule has 22 heavy (non-hydrogen) atoms. The first-order chi connectivity index (χ1) is 10.5. The van der Waals surface area contributed by atoms with Gasteiger partial charge in [0, 0.05) is 37.8 Å². The Balaban J connectivity index is 1.92. The quantitative estimate of drug-likeness (QED) is 0.868. The van der Waals surface area contributed by atoms with E-state index in [2.05, 4.69) is 11.9 Å². The number of aliphatic hydroxyl groups excluding tert-OH is 1. The standard InChI is InChI=1S/C17H26N2O3/c1-13-10-14(12-16(21)11-13)17(22)19-7-4-15(5-8-19)18(2)6-3-9-20/h10-12,15,20-21H,3-9H2,1-2H3. The van der Waals surface area contributed by atoms with Crippen molar-refractivity contribution in [2.24, 2.45) is 0 Å². The van der Waals surface area contributed by atoms with Crippen molar-refractivity contribution in [2.75, 3.05) is 33.3 Å². The van der Waals surface area contributed by atoms with Crippen LogP contribution >= 0.6 is 0 Å². The zero-order valence-electron chi connectivity index (χ0n) is 13.5. The van der Waals surface area contributed by atoms with Crippen molar-refractivity contribution in [3.8, 4) is 5.75 Å². The molecule has 1 aliphatic heterocycles. The number of benzene rings is 1. The third-order valence-electron chi connectivity index (χ3n) is 4.35. The molecule has 5 nitrogen and oxygen atoms in total. The van der Waals surface area contributed by atoms with Crippen molar-refractivity contribution < 1.29 is 15.0 Å². The summed E-state index contributed by atoms with van der Waals surface area (Å²) in [5, 5.41) is 18.5. The second kappa shape index (κ2) is 7.61. The summed E-state index contributed by atoms with van der Waals surface area (Å²) in [6.07, 6.45) is 2.69. The van der Waals surface area contributed by atoms with Gasteiger partial charge in [0.2, 0.25) is 0 Å². The summed E-state index contributed by atoms with van der Waals surface area (Å²) < 4.78 is 0. The zero-order valence-corrected chi connectivity index (χ0v) is 13.5. The Hall–Kier alpha value is -1.59. The molecule has 1 fully saturated rings. The van der Waals surface area contributed by atoms with E-state index in [1.165, 1.54) is 6.07 Å². The third kappa shape index (κ3) is 4.21. The highest BCUT2D eigenvalue weighted by Gasteiger charge is 2.25. The average Bonchev–Trinajstić information content (AvgIpc) is 2.51. The van der Waals surface area contributed by atoms with Gasteiger partial charge in [0.05, 0.1) is 0 Å². The lowest BCUT2D eigenvalue weighted by Gasteiger charge is -2.36. The van der Waals surface area contributed by atoms with Gasteiger partial charge in [-0.3, -0.25) is 4.79 Å². The molecule has 0 aromatic heterocycles. The number of piperidine rings is 1. The molecule has 1 aromatic rings. The van der Waals surface area contributed by atoms with Crippen LogP contribution in [-0.2, 0) is 0 Å². The van der Waals surface area contributed by atoms with Gasteiger partial charge in [0.1, 0.15) is 5.75 Å². The molecule has 0 radical (unpaired) electrons. The number of carbonyl (C=O) groups excluding carboxylic acids is 1. The highest BCUT2D eigenvalue weighted by molar-refractivity contribution is 5.94. The first-order valence-corrected chi connectivity index (χ1v) is 7.92. The zero-order chi connectivity index (χ0) is 16.1. The number of amides is 1. The van der Waals surface area contributed by atoms with E-state index in [1.807, 2.05) is 17.9 Å². The second-order valence-electron chi connectivity index (χ2n) is 6.14. The molecule has 0 unspecified atom stereocenters. The average molecular weight is 306 g/mol. The lowest BCUT2D eigenvalue weighted by Crippen LogP contribution is -2.45. The Morgan fingerprint density at radius 2 is 2.00 bits per heavy atom. The Morgan fingerprint density at radius 1 is 1.32 bits per heavy atom. The van der Waals surface area contributed by atoms with Crippen LogP contribution < -0.4 is 0 Å². The predicted octanol–water partition coefficient (Wildman–Crippen LogP) is 1.62. The number of aliphatic hydroxyl groups is 1. The van der Waals surface area contributed by atoms with E-state index >= 15 is 0 Å². The molecule has 2 N–H and O–H groups in total. The predicted molar refractivity (Wildman–Crippen MR) is 86.1 cm³/mol. The maximum Gasteiger partial charge on any atom is 0.253 e. The number of rotatable bonds is 5. The summed E-state index contributed by atoms with van der Waals surface area (Å²) in [7, 11) is 2.08. The monoisotopic (exact) mass is 306 g/mol. The summed E-state index contributed by atoms with van der Waals surface area (Å²) in [5.41, 5.74) is 1.45. The minimum absolute atomic E-state index is 0.00420.